The van der Waals surface area contributed by atoms with E-state index in [2.05, 4.69) is 26.5 Å². The molecule has 0 bridgehead atoms. The molecule has 0 saturated heterocycles. The lowest BCUT2D eigenvalue weighted by Crippen LogP contribution is -2.40. The van der Waals surface area contributed by atoms with E-state index in [1.807, 2.05) is 19.1 Å². The van der Waals surface area contributed by atoms with Crippen LogP contribution in [0.1, 0.15) is 32.1 Å². The summed E-state index contributed by atoms with van der Waals surface area (Å²) in [4.78, 5) is 12.4. The maximum absolute atomic E-state index is 11.4. The van der Waals surface area contributed by atoms with Gasteiger partial charge in [0.25, 0.3) is 5.91 Å². The molecular weight excluding hydrogens is 304 g/mol. The first-order chi connectivity index (χ1) is 7.84. The molecule has 0 fully saturated rings. The van der Waals surface area contributed by atoms with Crippen LogP contribution in [0.3, 0.4) is 0 Å². The third-order valence-corrected chi connectivity index (χ3v) is 3.71. The second kappa shape index (κ2) is 5.75. The highest BCUT2D eigenvalue weighted by Gasteiger charge is 2.23. The third kappa shape index (κ3) is 4.22. The molecule has 0 spiro atoms. The predicted octanol–water partition coefficient (Wildman–Crippen LogP) is 2.51. The summed E-state index contributed by atoms with van der Waals surface area (Å²) in [6.45, 7) is 4.80. The summed E-state index contributed by atoms with van der Waals surface area (Å²) in [6, 6.07) is 3.87. The van der Waals surface area contributed by atoms with Gasteiger partial charge in [0.2, 0.25) is 0 Å². The van der Waals surface area contributed by atoms with Crippen LogP contribution >= 0.6 is 27.3 Å². The molecule has 17 heavy (non-hydrogen) atoms. The van der Waals surface area contributed by atoms with Crippen molar-refractivity contribution in [2.24, 2.45) is 5.10 Å². The predicted molar refractivity (Wildman–Crippen MR) is 73.3 cm³/mol. The quantitative estimate of drug-likeness (QED) is 0.662. The molecule has 0 aliphatic carbocycles. The molecule has 1 amide bonds. The molecule has 0 saturated carbocycles. The molecule has 6 heteroatoms. The summed E-state index contributed by atoms with van der Waals surface area (Å²) < 4.78 is 1.02. The highest BCUT2D eigenvalue weighted by atomic mass is 79.9. The van der Waals surface area contributed by atoms with Crippen molar-refractivity contribution in [1.29, 1.82) is 0 Å². The molecule has 4 nitrogen and oxygen atoms in total. The molecule has 1 aromatic heterocycles. The molecular formula is C11H15BrN2O2S. The zero-order valence-corrected chi connectivity index (χ0v) is 12.4. The van der Waals surface area contributed by atoms with Gasteiger partial charge in [0.1, 0.15) is 5.60 Å². The van der Waals surface area contributed by atoms with E-state index >= 15 is 0 Å². The Kier molecular flexibility index (Phi) is 4.85. The first-order valence-corrected chi connectivity index (χ1v) is 6.80. The van der Waals surface area contributed by atoms with Gasteiger partial charge in [0.15, 0.2) is 0 Å². The van der Waals surface area contributed by atoms with Crippen LogP contribution in [0.25, 0.3) is 0 Å². The fourth-order valence-electron chi connectivity index (χ4n) is 1.03. The normalized spacial score (nSPS) is 12.6. The molecule has 94 valence electrons. The van der Waals surface area contributed by atoms with Crippen LogP contribution in [0, 0.1) is 0 Å². The maximum atomic E-state index is 11.4. The molecule has 0 radical (unpaired) electrons. The summed E-state index contributed by atoms with van der Waals surface area (Å²) in [5.41, 5.74) is 1.74. The van der Waals surface area contributed by atoms with Crippen molar-refractivity contribution >= 4 is 38.9 Å². The SMILES string of the molecule is CCC(=NNC(=O)C(C)(C)O)c1ccc(Br)s1. The van der Waals surface area contributed by atoms with Crippen molar-refractivity contribution in [2.45, 2.75) is 32.8 Å². The first kappa shape index (κ1) is 14.3. The molecule has 0 unspecified atom stereocenters. The van der Waals surface area contributed by atoms with Crippen LogP contribution in [-0.4, -0.2) is 22.3 Å². The van der Waals surface area contributed by atoms with E-state index in [-0.39, 0.29) is 0 Å². The molecule has 1 aromatic rings. The second-order valence-electron chi connectivity index (χ2n) is 4.02. The van der Waals surface area contributed by atoms with Gasteiger partial charge in [-0.15, -0.1) is 11.3 Å². The molecule has 1 heterocycles. The summed E-state index contributed by atoms with van der Waals surface area (Å²) in [7, 11) is 0. The molecule has 1 rings (SSSR count). The van der Waals surface area contributed by atoms with Crippen molar-refractivity contribution in [3.63, 3.8) is 0 Å². The summed E-state index contributed by atoms with van der Waals surface area (Å²) in [6.07, 6.45) is 0.707. The summed E-state index contributed by atoms with van der Waals surface area (Å²) in [5.74, 6) is -0.515. The van der Waals surface area contributed by atoms with Crippen molar-refractivity contribution in [1.82, 2.24) is 5.43 Å². The van der Waals surface area contributed by atoms with E-state index in [4.69, 9.17) is 0 Å². The number of halogens is 1. The number of hydrogen-bond acceptors (Lipinski definition) is 4. The Hall–Kier alpha value is -0.720. The van der Waals surface area contributed by atoms with Crippen LogP contribution < -0.4 is 5.43 Å². The van der Waals surface area contributed by atoms with E-state index < -0.39 is 11.5 Å². The number of nitrogens with zero attached hydrogens (tertiary/aromatic N) is 1. The van der Waals surface area contributed by atoms with Crippen molar-refractivity contribution in [3.05, 3.63) is 20.8 Å². The van der Waals surface area contributed by atoms with E-state index in [0.717, 1.165) is 14.4 Å². The molecule has 0 aliphatic rings. The van der Waals surface area contributed by atoms with Gasteiger partial charge in [0.05, 0.1) is 14.4 Å². The number of hydrogen-bond donors (Lipinski definition) is 2. The van der Waals surface area contributed by atoms with Gasteiger partial charge in [-0.2, -0.15) is 5.10 Å². The van der Waals surface area contributed by atoms with Crippen molar-refractivity contribution in [2.75, 3.05) is 0 Å². The molecule has 0 atom stereocenters. The topological polar surface area (TPSA) is 61.7 Å². The standard InChI is InChI=1S/C11H15BrN2O2S/c1-4-7(8-5-6-9(12)17-8)13-14-10(15)11(2,3)16/h5-6,16H,4H2,1-3H3,(H,14,15). The van der Waals surface area contributed by atoms with Crippen molar-refractivity contribution in [3.8, 4) is 0 Å². The average Bonchev–Trinajstić information content (AvgIpc) is 2.64. The average molecular weight is 319 g/mol. The Morgan fingerprint density at radius 2 is 2.24 bits per heavy atom. The van der Waals surface area contributed by atoms with Crippen LogP contribution in [0.15, 0.2) is 21.0 Å². The zero-order valence-electron chi connectivity index (χ0n) is 9.95. The Balaban J connectivity index is 2.79. The first-order valence-electron chi connectivity index (χ1n) is 5.19. The molecule has 0 aromatic carbocycles. The van der Waals surface area contributed by atoms with Gasteiger partial charge < -0.3 is 5.11 Å². The fourth-order valence-corrected chi connectivity index (χ4v) is 2.48. The highest BCUT2D eigenvalue weighted by Crippen LogP contribution is 2.23. The zero-order chi connectivity index (χ0) is 13.1. The number of nitrogens with one attached hydrogen (secondary N) is 1. The monoisotopic (exact) mass is 318 g/mol. The van der Waals surface area contributed by atoms with Crippen molar-refractivity contribution < 1.29 is 9.90 Å². The van der Waals surface area contributed by atoms with Gasteiger partial charge in [-0.3, -0.25) is 4.79 Å². The lowest BCUT2D eigenvalue weighted by Gasteiger charge is -2.14. The van der Waals surface area contributed by atoms with Gasteiger partial charge in [-0.25, -0.2) is 5.43 Å². The number of carbonyl (C=O) groups excluding carboxylic acids is 1. The second-order valence-corrected chi connectivity index (χ2v) is 6.48. The Morgan fingerprint density at radius 1 is 1.59 bits per heavy atom. The van der Waals surface area contributed by atoms with E-state index in [1.54, 1.807) is 11.3 Å². The Morgan fingerprint density at radius 3 is 2.65 bits per heavy atom. The van der Waals surface area contributed by atoms with Gasteiger partial charge >= 0.3 is 0 Å². The lowest BCUT2D eigenvalue weighted by atomic mass is 10.1. The van der Waals surface area contributed by atoms with Crippen LogP contribution in [0.5, 0.6) is 0 Å². The minimum atomic E-state index is -1.42. The minimum Gasteiger partial charge on any atom is -0.381 e. The van der Waals surface area contributed by atoms with Crippen LogP contribution in [0.2, 0.25) is 0 Å². The van der Waals surface area contributed by atoms with E-state index in [0.29, 0.717) is 6.42 Å². The van der Waals surface area contributed by atoms with Crippen LogP contribution in [-0.2, 0) is 4.79 Å². The molecule has 0 aliphatic heterocycles. The summed E-state index contributed by atoms with van der Waals surface area (Å²) in [5, 5.41) is 13.5. The Bertz CT molecular complexity index is 435. The van der Waals surface area contributed by atoms with Gasteiger partial charge in [-0.05, 0) is 48.3 Å². The van der Waals surface area contributed by atoms with Gasteiger partial charge in [-0.1, -0.05) is 6.92 Å². The number of amides is 1. The lowest BCUT2D eigenvalue weighted by molar-refractivity contribution is -0.136. The summed E-state index contributed by atoms with van der Waals surface area (Å²) >= 11 is 4.93. The number of carbonyl (C=O) groups is 1. The number of thiophene rings is 1. The smallest absolute Gasteiger partial charge is 0.271 e. The maximum Gasteiger partial charge on any atom is 0.271 e. The van der Waals surface area contributed by atoms with Crippen LogP contribution in [0.4, 0.5) is 0 Å². The number of aliphatic hydroxyl groups is 1. The highest BCUT2D eigenvalue weighted by molar-refractivity contribution is 9.11. The van der Waals surface area contributed by atoms with E-state index in [9.17, 15) is 9.90 Å². The fraction of sp³-hybridized carbons (Fsp3) is 0.455. The van der Waals surface area contributed by atoms with E-state index in [1.165, 1.54) is 13.8 Å². The third-order valence-electron chi connectivity index (χ3n) is 2.04. The largest absolute Gasteiger partial charge is 0.381 e. The number of rotatable bonds is 4. The minimum absolute atomic E-state index is 0.515. The Labute approximate surface area is 113 Å². The van der Waals surface area contributed by atoms with Gasteiger partial charge in [0, 0.05) is 0 Å². The molecule has 2 N–H and O–H groups in total. The number of hydrazone groups is 1.